The van der Waals surface area contributed by atoms with Crippen LogP contribution in [0.4, 0.5) is 0 Å². The van der Waals surface area contributed by atoms with Crippen molar-refractivity contribution in [2.75, 3.05) is 32.7 Å². The fraction of sp³-hybridized carbons (Fsp3) is 0.611. The van der Waals surface area contributed by atoms with Gasteiger partial charge in [0.2, 0.25) is 5.91 Å². The van der Waals surface area contributed by atoms with E-state index < -0.39 is 0 Å². The molecule has 3 rings (SSSR count). The van der Waals surface area contributed by atoms with Gasteiger partial charge in [-0.15, -0.1) is 24.8 Å². The molecule has 9 heteroatoms. The number of thioether (sulfide) groups is 1. The van der Waals surface area contributed by atoms with Gasteiger partial charge >= 0.3 is 0 Å². The number of nitrogens with zero attached hydrogens (tertiary/aromatic N) is 3. The molecule has 0 aliphatic carbocycles. The Kier molecular flexibility index (Phi) is 9.87. The molecule has 0 aromatic carbocycles. The van der Waals surface area contributed by atoms with Crippen LogP contribution < -0.4 is 5.32 Å². The minimum Gasteiger partial charge on any atom is -0.342 e. The maximum atomic E-state index is 12.9. The van der Waals surface area contributed by atoms with E-state index in [1.54, 1.807) is 12.3 Å². The van der Waals surface area contributed by atoms with Gasteiger partial charge < -0.3 is 15.1 Å². The van der Waals surface area contributed by atoms with Crippen LogP contribution in [0.3, 0.4) is 0 Å². The van der Waals surface area contributed by atoms with Crippen molar-refractivity contribution in [2.45, 2.75) is 43.0 Å². The molecule has 1 aromatic heterocycles. The van der Waals surface area contributed by atoms with Gasteiger partial charge in [-0.1, -0.05) is 11.8 Å². The summed E-state index contributed by atoms with van der Waals surface area (Å²) in [6.07, 6.45) is 3.85. The van der Waals surface area contributed by atoms with Crippen LogP contribution in [-0.2, 0) is 4.79 Å². The molecule has 6 nitrogen and oxygen atoms in total. The molecule has 2 saturated heterocycles. The highest BCUT2D eigenvalue weighted by Crippen LogP contribution is 2.27. The maximum Gasteiger partial charge on any atom is 0.256 e. The number of aromatic nitrogens is 1. The summed E-state index contributed by atoms with van der Waals surface area (Å²) in [6.45, 7) is 7.87. The molecule has 3 heterocycles. The summed E-state index contributed by atoms with van der Waals surface area (Å²) < 4.78 is 0. The van der Waals surface area contributed by atoms with Crippen molar-refractivity contribution in [3.8, 4) is 0 Å². The Balaban J connectivity index is 0.00000182. The molecule has 27 heavy (non-hydrogen) atoms. The number of hydrogen-bond donors (Lipinski definition) is 1. The highest BCUT2D eigenvalue weighted by atomic mass is 35.5. The lowest BCUT2D eigenvalue weighted by molar-refractivity contribution is -0.129. The molecule has 2 aliphatic rings. The molecule has 2 unspecified atom stereocenters. The number of hydrogen-bond acceptors (Lipinski definition) is 5. The normalized spacial score (nSPS) is 20.4. The third kappa shape index (κ3) is 5.98. The maximum absolute atomic E-state index is 12.9. The molecular weight excluding hydrogens is 407 g/mol. The van der Waals surface area contributed by atoms with Crippen LogP contribution in [0, 0.1) is 0 Å². The van der Waals surface area contributed by atoms with Crippen LogP contribution in [0.25, 0.3) is 0 Å². The van der Waals surface area contributed by atoms with Crippen molar-refractivity contribution in [1.29, 1.82) is 0 Å². The van der Waals surface area contributed by atoms with Crippen molar-refractivity contribution in [2.24, 2.45) is 0 Å². The number of halogens is 2. The average molecular weight is 435 g/mol. The van der Waals surface area contributed by atoms with Crippen LogP contribution in [-0.4, -0.2) is 70.6 Å². The van der Waals surface area contributed by atoms with Crippen molar-refractivity contribution in [3.05, 3.63) is 23.9 Å². The lowest BCUT2D eigenvalue weighted by Crippen LogP contribution is -2.51. The number of carbonyl (C=O) groups is 2. The largest absolute Gasteiger partial charge is 0.342 e. The Hall–Kier alpha value is -1.02. The second-order valence-corrected chi connectivity index (χ2v) is 8.08. The third-order valence-electron chi connectivity index (χ3n) is 4.71. The summed E-state index contributed by atoms with van der Waals surface area (Å²) >= 11 is 1.39. The zero-order valence-corrected chi connectivity index (χ0v) is 18.2. The zero-order chi connectivity index (χ0) is 17.8. The van der Waals surface area contributed by atoms with E-state index in [9.17, 15) is 9.59 Å². The number of piperazine rings is 1. The van der Waals surface area contributed by atoms with E-state index in [-0.39, 0.29) is 41.9 Å². The minimum absolute atomic E-state index is 0. The first-order chi connectivity index (χ1) is 12.1. The average Bonchev–Trinajstić information content (AvgIpc) is 3.15. The molecule has 1 N–H and O–H groups in total. The summed E-state index contributed by atoms with van der Waals surface area (Å²) in [7, 11) is 0. The van der Waals surface area contributed by atoms with E-state index in [1.165, 1.54) is 11.8 Å². The van der Waals surface area contributed by atoms with Crippen molar-refractivity contribution in [3.63, 3.8) is 0 Å². The second-order valence-electron chi connectivity index (χ2n) is 6.75. The fourth-order valence-corrected chi connectivity index (χ4v) is 4.34. The van der Waals surface area contributed by atoms with E-state index in [0.717, 1.165) is 32.5 Å². The lowest BCUT2D eigenvalue weighted by Gasteiger charge is -2.32. The minimum atomic E-state index is -0.235. The van der Waals surface area contributed by atoms with Gasteiger partial charge in [-0.3, -0.25) is 9.59 Å². The van der Waals surface area contributed by atoms with Gasteiger partial charge in [0.25, 0.3) is 5.91 Å². The Morgan fingerprint density at radius 1 is 1.22 bits per heavy atom. The number of amides is 2. The number of nitrogens with one attached hydrogen (secondary N) is 1. The fourth-order valence-electron chi connectivity index (χ4n) is 3.35. The van der Waals surface area contributed by atoms with Crippen LogP contribution >= 0.6 is 36.6 Å². The molecule has 2 fully saturated rings. The van der Waals surface area contributed by atoms with Gasteiger partial charge in [0.05, 0.1) is 10.8 Å². The quantitative estimate of drug-likeness (QED) is 0.737. The number of likely N-dealkylation sites (tertiary alicyclic amines) is 1. The SMILES string of the molecule is CC1CN(C(=O)c2cccnc2SC(C)C(=O)N2CCCC2)CCN1.Cl.Cl. The van der Waals surface area contributed by atoms with E-state index in [4.69, 9.17) is 0 Å². The zero-order valence-electron chi connectivity index (χ0n) is 15.7. The molecule has 2 aliphatic heterocycles. The summed E-state index contributed by atoms with van der Waals surface area (Å²) in [5.41, 5.74) is 0.600. The van der Waals surface area contributed by atoms with Crippen molar-refractivity contribution in [1.82, 2.24) is 20.1 Å². The Morgan fingerprint density at radius 3 is 2.59 bits per heavy atom. The predicted molar refractivity (Wildman–Crippen MR) is 113 cm³/mol. The molecule has 1 aromatic rings. The Morgan fingerprint density at radius 2 is 1.93 bits per heavy atom. The summed E-state index contributed by atoms with van der Waals surface area (Å²) in [5.74, 6) is 0.145. The molecule has 0 spiro atoms. The second kappa shape index (κ2) is 11.1. The smallest absolute Gasteiger partial charge is 0.256 e. The summed E-state index contributed by atoms with van der Waals surface area (Å²) in [4.78, 5) is 33.7. The van der Waals surface area contributed by atoms with Gasteiger partial charge in [0, 0.05) is 45.0 Å². The van der Waals surface area contributed by atoms with Gasteiger partial charge in [-0.05, 0) is 38.8 Å². The van der Waals surface area contributed by atoms with E-state index in [1.807, 2.05) is 22.8 Å². The standard InChI is InChI=1S/C18H26N4O2S.2ClH/c1-13-12-22(11-8-19-13)18(24)15-6-5-7-20-16(15)25-14(2)17(23)21-9-3-4-10-21;;/h5-7,13-14,19H,3-4,8-12H2,1-2H3;2*1H. The van der Waals surface area contributed by atoms with Crippen LogP contribution in [0.5, 0.6) is 0 Å². The molecule has 2 amide bonds. The van der Waals surface area contributed by atoms with E-state index in [0.29, 0.717) is 29.7 Å². The molecular formula is C18H28Cl2N4O2S. The van der Waals surface area contributed by atoms with E-state index >= 15 is 0 Å². The summed E-state index contributed by atoms with van der Waals surface area (Å²) in [6, 6.07) is 3.90. The van der Waals surface area contributed by atoms with Crippen LogP contribution in [0.15, 0.2) is 23.4 Å². The van der Waals surface area contributed by atoms with Gasteiger partial charge in [-0.25, -0.2) is 4.98 Å². The number of rotatable bonds is 4. The molecule has 0 radical (unpaired) electrons. The molecule has 152 valence electrons. The highest BCUT2D eigenvalue weighted by molar-refractivity contribution is 8.00. The molecule has 0 saturated carbocycles. The lowest BCUT2D eigenvalue weighted by atomic mass is 10.2. The van der Waals surface area contributed by atoms with E-state index in [2.05, 4.69) is 17.2 Å². The number of carbonyl (C=O) groups excluding carboxylic acids is 2. The van der Waals surface area contributed by atoms with Gasteiger partial charge in [0.1, 0.15) is 5.03 Å². The predicted octanol–water partition coefficient (Wildman–Crippen LogP) is 2.46. The number of pyridine rings is 1. The highest BCUT2D eigenvalue weighted by Gasteiger charge is 2.28. The van der Waals surface area contributed by atoms with Gasteiger partial charge in [-0.2, -0.15) is 0 Å². The first-order valence-corrected chi connectivity index (χ1v) is 9.87. The first kappa shape index (κ1) is 24.0. The Bertz CT molecular complexity index is 644. The van der Waals surface area contributed by atoms with Crippen LogP contribution in [0.2, 0.25) is 0 Å². The van der Waals surface area contributed by atoms with Crippen LogP contribution in [0.1, 0.15) is 37.0 Å². The molecule has 0 bridgehead atoms. The monoisotopic (exact) mass is 434 g/mol. The van der Waals surface area contributed by atoms with Crippen molar-refractivity contribution < 1.29 is 9.59 Å². The third-order valence-corrected chi connectivity index (χ3v) is 5.82. The topological polar surface area (TPSA) is 65.5 Å². The Labute approximate surface area is 177 Å². The molecule has 2 atom stereocenters. The first-order valence-electron chi connectivity index (χ1n) is 8.99. The van der Waals surface area contributed by atoms with Gasteiger partial charge in [0.15, 0.2) is 0 Å². The summed E-state index contributed by atoms with van der Waals surface area (Å²) in [5, 5.41) is 3.76. The van der Waals surface area contributed by atoms with Crippen molar-refractivity contribution >= 4 is 48.4 Å².